The van der Waals surface area contributed by atoms with Crippen LogP contribution in [0.1, 0.15) is 63.1 Å². The van der Waals surface area contributed by atoms with E-state index in [2.05, 4.69) is 25.1 Å². The number of unbranched alkanes of at least 4 members (excludes halogenated alkanes) is 1. The molecule has 4 atom stereocenters. The first-order valence-corrected chi connectivity index (χ1v) is 12.4. The van der Waals surface area contributed by atoms with Crippen LogP contribution in [-0.2, 0) is 26.4 Å². The highest BCUT2D eigenvalue weighted by atomic mass is 35.5. The van der Waals surface area contributed by atoms with Crippen LogP contribution >= 0.6 is 11.6 Å². The van der Waals surface area contributed by atoms with Crippen LogP contribution in [0.4, 0.5) is 0 Å². The summed E-state index contributed by atoms with van der Waals surface area (Å²) in [5.41, 5.74) is 2.30. The molecule has 0 saturated carbocycles. The third kappa shape index (κ3) is 5.23. The van der Waals surface area contributed by atoms with Gasteiger partial charge in [0, 0.05) is 30.0 Å². The molecule has 5 nitrogen and oxygen atoms in total. The van der Waals surface area contributed by atoms with E-state index in [0.717, 1.165) is 35.3 Å². The van der Waals surface area contributed by atoms with E-state index in [4.69, 9.17) is 30.5 Å². The average Bonchev–Trinajstić information content (AvgIpc) is 3.10. The normalized spacial score (nSPS) is 27.5. The molecule has 2 aromatic rings. The smallest absolute Gasteiger partial charge is 0.198 e. The minimum atomic E-state index is -0.940. The Hall–Kier alpha value is -1.63. The van der Waals surface area contributed by atoms with Crippen molar-refractivity contribution in [2.75, 3.05) is 19.8 Å². The monoisotopic (exact) mass is 474 g/mol. The summed E-state index contributed by atoms with van der Waals surface area (Å²) in [5, 5.41) is 11.3. The average molecular weight is 475 g/mol. The summed E-state index contributed by atoms with van der Waals surface area (Å²) in [6.07, 6.45) is 3.31. The zero-order chi connectivity index (χ0) is 23.5. The molecular formula is C27H35ClO5. The molecule has 2 aromatic carbocycles. The fourth-order valence-electron chi connectivity index (χ4n) is 4.77. The van der Waals surface area contributed by atoms with E-state index in [1.165, 1.54) is 0 Å². The van der Waals surface area contributed by atoms with Gasteiger partial charge in [-0.05, 0) is 62.1 Å². The van der Waals surface area contributed by atoms with Crippen LogP contribution < -0.4 is 4.74 Å². The van der Waals surface area contributed by atoms with Crippen LogP contribution in [-0.4, -0.2) is 42.7 Å². The lowest BCUT2D eigenvalue weighted by atomic mass is 9.85. The minimum Gasteiger partial charge on any atom is -0.494 e. The molecule has 0 amide bonds. The molecule has 0 aliphatic carbocycles. The van der Waals surface area contributed by atoms with Crippen LogP contribution in [0.5, 0.6) is 5.75 Å². The van der Waals surface area contributed by atoms with E-state index < -0.39 is 17.5 Å². The topological polar surface area (TPSA) is 57.2 Å². The second kappa shape index (κ2) is 10.3. The second-order valence-corrected chi connectivity index (χ2v) is 9.61. The van der Waals surface area contributed by atoms with Gasteiger partial charge in [0.25, 0.3) is 0 Å². The summed E-state index contributed by atoms with van der Waals surface area (Å²) in [4.78, 5) is 0. The first kappa shape index (κ1) is 24.5. The zero-order valence-corrected chi connectivity index (χ0v) is 20.6. The first-order valence-electron chi connectivity index (χ1n) is 12.0. The van der Waals surface area contributed by atoms with Gasteiger partial charge in [-0.1, -0.05) is 43.1 Å². The number of hydrogen-bond donors (Lipinski definition) is 1. The largest absolute Gasteiger partial charge is 0.494 e. The summed E-state index contributed by atoms with van der Waals surface area (Å²) in [6, 6.07) is 14.0. The van der Waals surface area contributed by atoms with E-state index in [0.29, 0.717) is 44.1 Å². The molecule has 2 fully saturated rings. The van der Waals surface area contributed by atoms with Gasteiger partial charge in [0.2, 0.25) is 0 Å². The van der Waals surface area contributed by atoms with Crippen LogP contribution in [0.3, 0.4) is 0 Å². The molecule has 2 heterocycles. The molecule has 2 aliphatic rings. The number of rotatable bonds is 10. The third-order valence-corrected chi connectivity index (χ3v) is 7.08. The highest BCUT2D eigenvalue weighted by Crippen LogP contribution is 2.51. The maximum absolute atomic E-state index is 10.6. The van der Waals surface area contributed by atoms with E-state index in [1.807, 2.05) is 31.2 Å². The Morgan fingerprint density at radius 1 is 1.15 bits per heavy atom. The maximum atomic E-state index is 10.6. The Labute approximate surface area is 202 Å². The SMILES string of the molecule is CCCCO[C@@H]1C[C@@]2(c3ccc(Cl)c(Cc4ccc(OCC)cc4)c3)OC[C@@](C(C)O)(C1)O2. The summed E-state index contributed by atoms with van der Waals surface area (Å²) in [6.45, 7) is 7.59. The van der Waals surface area contributed by atoms with Crippen LogP contribution in [0.2, 0.25) is 5.02 Å². The van der Waals surface area contributed by atoms with Crippen LogP contribution in [0.15, 0.2) is 42.5 Å². The van der Waals surface area contributed by atoms with Gasteiger partial charge in [-0.15, -0.1) is 0 Å². The standard InChI is InChI=1S/C27H35ClO5/c1-4-6-13-31-24-16-26(19(3)29)18-32-27(17-24,33-26)22-9-12-25(28)21(15-22)14-20-7-10-23(11-8-20)30-5-2/h7-12,15,19,24,29H,4-6,13-14,16-18H2,1-3H3/t19?,24-,26+,27+/m0/s1. The molecule has 2 saturated heterocycles. The molecule has 2 aliphatic heterocycles. The number of benzene rings is 2. The Bertz CT molecular complexity index is 931. The van der Waals surface area contributed by atoms with Gasteiger partial charge in [-0.2, -0.15) is 0 Å². The minimum absolute atomic E-state index is 0.0346. The number of aliphatic hydroxyl groups excluding tert-OH is 1. The van der Waals surface area contributed by atoms with Gasteiger partial charge in [0.1, 0.15) is 11.4 Å². The van der Waals surface area contributed by atoms with E-state index >= 15 is 0 Å². The second-order valence-electron chi connectivity index (χ2n) is 9.20. The van der Waals surface area contributed by atoms with E-state index in [9.17, 15) is 5.11 Å². The summed E-state index contributed by atoms with van der Waals surface area (Å²) >= 11 is 6.59. The van der Waals surface area contributed by atoms with Gasteiger partial charge in [0.15, 0.2) is 5.79 Å². The Kier molecular flexibility index (Phi) is 7.66. The van der Waals surface area contributed by atoms with Crippen molar-refractivity contribution >= 4 is 11.6 Å². The van der Waals surface area contributed by atoms with Crippen molar-refractivity contribution in [1.82, 2.24) is 0 Å². The summed E-state index contributed by atoms with van der Waals surface area (Å²) in [5.74, 6) is -0.0804. The van der Waals surface area contributed by atoms with E-state index in [1.54, 1.807) is 6.92 Å². The van der Waals surface area contributed by atoms with Gasteiger partial charge < -0.3 is 24.1 Å². The van der Waals surface area contributed by atoms with Gasteiger partial charge >= 0.3 is 0 Å². The molecule has 1 unspecified atom stereocenters. The molecule has 180 valence electrons. The molecule has 0 spiro atoms. The van der Waals surface area contributed by atoms with Crippen molar-refractivity contribution in [1.29, 1.82) is 0 Å². The molecule has 1 N–H and O–H groups in total. The fourth-order valence-corrected chi connectivity index (χ4v) is 4.95. The molecule has 6 heteroatoms. The van der Waals surface area contributed by atoms with Crippen molar-refractivity contribution in [3.8, 4) is 5.75 Å². The quantitative estimate of drug-likeness (QED) is 0.452. The molecule has 0 aromatic heterocycles. The van der Waals surface area contributed by atoms with Gasteiger partial charge in [0.05, 0.1) is 25.4 Å². The predicted octanol–water partition coefficient (Wildman–Crippen LogP) is 5.63. The Morgan fingerprint density at radius 2 is 1.94 bits per heavy atom. The fraction of sp³-hybridized carbons (Fsp3) is 0.556. The van der Waals surface area contributed by atoms with Crippen LogP contribution in [0, 0.1) is 0 Å². The molecular weight excluding hydrogens is 440 g/mol. The molecule has 2 bridgehead atoms. The van der Waals surface area contributed by atoms with Gasteiger partial charge in [-0.25, -0.2) is 0 Å². The highest BCUT2D eigenvalue weighted by Gasteiger charge is 2.59. The Morgan fingerprint density at radius 3 is 2.64 bits per heavy atom. The lowest BCUT2D eigenvalue weighted by Crippen LogP contribution is -2.52. The lowest BCUT2D eigenvalue weighted by Gasteiger charge is -2.43. The maximum Gasteiger partial charge on any atom is 0.198 e. The van der Waals surface area contributed by atoms with Crippen molar-refractivity contribution in [2.45, 2.75) is 76.5 Å². The first-order chi connectivity index (χ1) is 15.9. The zero-order valence-electron chi connectivity index (χ0n) is 19.8. The number of fused-ring (bicyclic) bond motifs is 2. The lowest BCUT2D eigenvalue weighted by molar-refractivity contribution is -0.263. The molecule has 4 rings (SSSR count). The summed E-state index contributed by atoms with van der Waals surface area (Å²) in [7, 11) is 0. The summed E-state index contributed by atoms with van der Waals surface area (Å²) < 4.78 is 24.6. The number of halogens is 1. The Balaban J connectivity index is 1.59. The van der Waals surface area contributed by atoms with Crippen molar-refractivity contribution in [2.24, 2.45) is 0 Å². The molecule has 0 radical (unpaired) electrons. The van der Waals surface area contributed by atoms with E-state index in [-0.39, 0.29) is 6.10 Å². The van der Waals surface area contributed by atoms with Crippen LogP contribution in [0.25, 0.3) is 0 Å². The number of hydrogen-bond acceptors (Lipinski definition) is 5. The third-order valence-electron chi connectivity index (χ3n) is 6.71. The number of aliphatic hydroxyl groups is 1. The van der Waals surface area contributed by atoms with Gasteiger partial charge in [-0.3, -0.25) is 0 Å². The highest BCUT2D eigenvalue weighted by molar-refractivity contribution is 6.31. The van der Waals surface area contributed by atoms with Crippen molar-refractivity contribution in [3.05, 3.63) is 64.2 Å². The predicted molar refractivity (Wildman–Crippen MR) is 129 cm³/mol. The molecule has 33 heavy (non-hydrogen) atoms. The van der Waals surface area contributed by atoms with Crippen molar-refractivity contribution < 1.29 is 24.1 Å². The number of ether oxygens (including phenoxy) is 4. The van der Waals surface area contributed by atoms with Crippen molar-refractivity contribution in [3.63, 3.8) is 0 Å².